The van der Waals surface area contributed by atoms with Gasteiger partial charge in [-0.15, -0.1) is 0 Å². The fourth-order valence-electron chi connectivity index (χ4n) is 0.487. The SMILES string of the molecule is CC(C)(O)COC(O)C(C)(C)O. The largest absolute Gasteiger partial charge is 0.388 e. The molecule has 1 atom stereocenters. The Labute approximate surface area is 72.8 Å². The van der Waals surface area contributed by atoms with Crippen LogP contribution in [-0.2, 0) is 4.74 Å². The third-order valence-corrected chi connectivity index (χ3v) is 1.20. The smallest absolute Gasteiger partial charge is 0.183 e. The van der Waals surface area contributed by atoms with E-state index in [9.17, 15) is 10.2 Å². The standard InChI is InChI=1S/C8H18O4/c1-7(2,10)5-12-6(9)8(3,4)11/h6,9-11H,5H2,1-4H3. The maximum absolute atomic E-state index is 9.23. The molecular weight excluding hydrogens is 160 g/mol. The third-order valence-electron chi connectivity index (χ3n) is 1.20. The Morgan fingerprint density at radius 2 is 1.58 bits per heavy atom. The molecule has 0 saturated heterocycles. The summed E-state index contributed by atoms with van der Waals surface area (Å²) in [5.41, 5.74) is -2.29. The van der Waals surface area contributed by atoms with Crippen LogP contribution in [0.1, 0.15) is 27.7 Å². The van der Waals surface area contributed by atoms with E-state index >= 15 is 0 Å². The summed E-state index contributed by atoms with van der Waals surface area (Å²) in [5.74, 6) is 0. The van der Waals surface area contributed by atoms with Crippen molar-refractivity contribution in [3.63, 3.8) is 0 Å². The van der Waals surface area contributed by atoms with Crippen LogP contribution >= 0.6 is 0 Å². The highest BCUT2D eigenvalue weighted by Gasteiger charge is 2.27. The molecule has 0 aromatic carbocycles. The topological polar surface area (TPSA) is 69.9 Å². The number of hydrogen-bond donors (Lipinski definition) is 3. The van der Waals surface area contributed by atoms with Gasteiger partial charge in [-0.2, -0.15) is 0 Å². The van der Waals surface area contributed by atoms with Crippen LogP contribution in [0.25, 0.3) is 0 Å². The molecule has 0 rings (SSSR count). The normalized spacial score (nSPS) is 16.2. The molecule has 0 aliphatic rings. The third kappa shape index (κ3) is 5.49. The Kier molecular flexibility index (Phi) is 3.65. The second-order valence-corrected chi connectivity index (χ2v) is 4.13. The molecule has 1 unspecified atom stereocenters. The zero-order chi connectivity index (χ0) is 9.99. The predicted molar refractivity (Wildman–Crippen MR) is 44.6 cm³/mol. The summed E-state index contributed by atoms with van der Waals surface area (Å²) in [6, 6.07) is 0. The van der Waals surface area contributed by atoms with Gasteiger partial charge in [0.05, 0.1) is 12.2 Å². The van der Waals surface area contributed by atoms with Crippen LogP contribution in [0, 0.1) is 0 Å². The fourth-order valence-corrected chi connectivity index (χ4v) is 0.487. The van der Waals surface area contributed by atoms with Gasteiger partial charge in [0.1, 0.15) is 5.60 Å². The monoisotopic (exact) mass is 178 g/mol. The summed E-state index contributed by atoms with van der Waals surface area (Å²) in [6.07, 6.45) is -1.27. The molecule has 3 N–H and O–H groups in total. The lowest BCUT2D eigenvalue weighted by Crippen LogP contribution is -2.41. The Morgan fingerprint density at radius 1 is 1.17 bits per heavy atom. The first-order valence-corrected chi connectivity index (χ1v) is 3.87. The summed E-state index contributed by atoms with van der Waals surface area (Å²) in [4.78, 5) is 0. The Hall–Kier alpha value is -0.160. The average Bonchev–Trinajstić information content (AvgIpc) is 1.78. The lowest BCUT2D eigenvalue weighted by Gasteiger charge is -2.27. The van der Waals surface area contributed by atoms with Crippen LogP contribution in [0.3, 0.4) is 0 Å². The zero-order valence-electron chi connectivity index (χ0n) is 8.03. The molecule has 0 aliphatic heterocycles. The summed E-state index contributed by atoms with van der Waals surface area (Å²) in [7, 11) is 0. The van der Waals surface area contributed by atoms with Crippen molar-refractivity contribution in [2.75, 3.05) is 6.61 Å². The first-order chi connectivity index (χ1) is 5.13. The van der Waals surface area contributed by atoms with Gasteiger partial charge < -0.3 is 20.1 Å². The van der Waals surface area contributed by atoms with Crippen molar-refractivity contribution < 1.29 is 20.1 Å². The van der Waals surface area contributed by atoms with Gasteiger partial charge in [0.15, 0.2) is 6.29 Å². The zero-order valence-corrected chi connectivity index (χ0v) is 8.03. The van der Waals surface area contributed by atoms with Gasteiger partial charge in [0.25, 0.3) is 0 Å². The molecule has 0 amide bonds. The van der Waals surface area contributed by atoms with Crippen molar-refractivity contribution in [3.8, 4) is 0 Å². The lowest BCUT2D eigenvalue weighted by molar-refractivity contribution is -0.216. The molecule has 12 heavy (non-hydrogen) atoms. The van der Waals surface area contributed by atoms with E-state index in [1.807, 2.05) is 0 Å². The Bertz CT molecular complexity index is 131. The second kappa shape index (κ2) is 3.70. The molecule has 0 fully saturated rings. The molecule has 0 spiro atoms. The molecule has 0 aromatic heterocycles. The van der Waals surface area contributed by atoms with E-state index in [-0.39, 0.29) is 6.61 Å². The van der Waals surface area contributed by atoms with Crippen LogP contribution in [-0.4, -0.2) is 39.4 Å². The van der Waals surface area contributed by atoms with Crippen LogP contribution in [0.4, 0.5) is 0 Å². The molecular formula is C8H18O4. The van der Waals surface area contributed by atoms with Gasteiger partial charge in [0.2, 0.25) is 0 Å². The molecule has 0 saturated carbocycles. The highest BCUT2D eigenvalue weighted by Crippen LogP contribution is 2.11. The van der Waals surface area contributed by atoms with E-state index in [1.165, 1.54) is 13.8 Å². The van der Waals surface area contributed by atoms with E-state index in [2.05, 4.69) is 0 Å². The van der Waals surface area contributed by atoms with Crippen LogP contribution in [0.2, 0.25) is 0 Å². The molecule has 0 bridgehead atoms. The van der Waals surface area contributed by atoms with Crippen LogP contribution in [0.15, 0.2) is 0 Å². The van der Waals surface area contributed by atoms with Gasteiger partial charge in [-0.3, -0.25) is 0 Å². The molecule has 0 aromatic rings. The Morgan fingerprint density at radius 3 is 1.83 bits per heavy atom. The summed E-state index contributed by atoms with van der Waals surface area (Å²) in [5, 5.41) is 27.6. The predicted octanol–water partition coefficient (Wildman–Crippen LogP) is -0.137. The molecule has 0 radical (unpaired) electrons. The molecule has 0 aliphatic carbocycles. The number of aliphatic hydroxyl groups is 3. The number of rotatable bonds is 4. The van der Waals surface area contributed by atoms with Gasteiger partial charge in [-0.1, -0.05) is 0 Å². The second-order valence-electron chi connectivity index (χ2n) is 4.13. The van der Waals surface area contributed by atoms with Crippen molar-refractivity contribution in [1.82, 2.24) is 0 Å². The fraction of sp³-hybridized carbons (Fsp3) is 1.00. The van der Waals surface area contributed by atoms with Gasteiger partial charge in [-0.25, -0.2) is 0 Å². The van der Waals surface area contributed by atoms with Gasteiger partial charge >= 0.3 is 0 Å². The van der Waals surface area contributed by atoms with E-state index in [4.69, 9.17) is 9.84 Å². The minimum absolute atomic E-state index is 0.0157. The highest BCUT2D eigenvalue weighted by molar-refractivity contribution is 4.71. The molecule has 0 heterocycles. The van der Waals surface area contributed by atoms with Crippen molar-refractivity contribution in [1.29, 1.82) is 0 Å². The maximum atomic E-state index is 9.23. The first-order valence-electron chi connectivity index (χ1n) is 3.87. The molecule has 74 valence electrons. The Balaban J connectivity index is 3.80. The maximum Gasteiger partial charge on any atom is 0.183 e. The summed E-state index contributed by atoms with van der Waals surface area (Å²) in [6.45, 7) is 5.97. The van der Waals surface area contributed by atoms with Crippen molar-refractivity contribution in [3.05, 3.63) is 0 Å². The summed E-state index contributed by atoms with van der Waals surface area (Å²) >= 11 is 0. The highest BCUT2D eigenvalue weighted by atomic mass is 16.6. The first kappa shape index (κ1) is 11.8. The average molecular weight is 178 g/mol. The van der Waals surface area contributed by atoms with E-state index in [0.29, 0.717) is 0 Å². The van der Waals surface area contributed by atoms with Crippen molar-refractivity contribution in [2.24, 2.45) is 0 Å². The van der Waals surface area contributed by atoms with Crippen LogP contribution < -0.4 is 0 Å². The van der Waals surface area contributed by atoms with E-state index in [1.54, 1.807) is 13.8 Å². The van der Waals surface area contributed by atoms with Gasteiger partial charge in [0, 0.05) is 0 Å². The minimum Gasteiger partial charge on any atom is -0.388 e. The van der Waals surface area contributed by atoms with Crippen LogP contribution in [0.5, 0.6) is 0 Å². The van der Waals surface area contributed by atoms with Crippen molar-refractivity contribution >= 4 is 0 Å². The number of hydrogen-bond acceptors (Lipinski definition) is 4. The summed E-state index contributed by atoms with van der Waals surface area (Å²) < 4.78 is 4.83. The van der Waals surface area contributed by atoms with E-state index < -0.39 is 17.5 Å². The van der Waals surface area contributed by atoms with Crippen molar-refractivity contribution in [2.45, 2.75) is 45.2 Å². The minimum atomic E-state index is -1.30. The van der Waals surface area contributed by atoms with E-state index in [0.717, 1.165) is 0 Å². The lowest BCUT2D eigenvalue weighted by atomic mass is 10.1. The number of aliphatic hydroxyl groups excluding tert-OH is 1. The van der Waals surface area contributed by atoms with Gasteiger partial charge in [-0.05, 0) is 27.7 Å². The number of ether oxygens (including phenoxy) is 1. The molecule has 4 heteroatoms. The molecule has 4 nitrogen and oxygen atoms in total. The quantitative estimate of drug-likeness (QED) is 0.524.